The van der Waals surface area contributed by atoms with Crippen molar-refractivity contribution in [1.29, 1.82) is 0 Å². The highest BCUT2D eigenvalue weighted by Crippen LogP contribution is 2.27. The largest absolute Gasteiger partial charge is 0.466 e. The Bertz CT molecular complexity index is 679. The van der Waals surface area contributed by atoms with Gasteiger partial charge in [0.2, 0.25) is 15.4 Å². The van der Waals surface area contributed by atoms with Crippen LogP contribution >= 0.6 is 11.3 Å². The molecular weight excluding hydrogens is 344 g/mol. The number of esters is 1. The Hall–Kier alpha value is -1.59. The number of amides is 1. The molecule has 11 heteroatoms. The Morgan fingerprint density at radius 2 is 2.00 bits per heavy atom. The molecule has 1 aliphatic rings. The van der Waals surface area contributed by atoms with E-state index in [2.05, 4.69) is 15.5 Å². The molecule has 1 saturated heterocycles. The van der Waals surface area contributed by atoms with Crippen molar-refractivity contribution >= 4 is 38.4 Å². The van der Waals surface area contributed by atoms with Crippen LogP contribution in [0.25, 0.3) is 0 Å². The van der Waals surface area contributed by atoms with E-state index in [-0.39, 0.29) is 40.4 Å². The van der Waals surface area contributed by atoms with Gasteiger partial charge in [-0.1, -0.05) is 11.3 Å². The maximum absolute atomic E-state index is 12.5. The van der Waals surface area contributed by atoms with Crippen molar-refractivity contribution in [3.05, 3.63) is 0 Å². The summed E-state index contributed by atoms with van der Waals surface area (Å²) in [5, 5.41) is 9.81. The minimum absolute atomic E-state index is 0.137. The van der Waals surface area contributed by atoms with E-state index in [0.717, 1.165) is 11.3 Å². The molecule has 2 rings (SSSR count). The molecule has 1 amide bonds. The topological polar surface area (TPSA) is 119 Å². The number of carbonyl (C=O) groups excluding carboxylic acids is 2. The van der Waals surface area contributed by atoms with E-state index in [1.165, 1.54) is 11.2 Å². The fourth-order valence-corrected chi connectivity index (χ4v) is 4.77. The second-order valence-corrected chi connectivity index (χ2v) is 8.07. The Kier molecular flexibility index (Phi) is 5.65. The minimum atomic E-state index is -3.76. The number of anilines is 1. The molecular formula is C12H18N4O5S2. The molecule has 0 radical (unpaired) electrons. The first-order valence-electron chi connectivity index (χ1n) is 7.12. The molecule has 0 aliphatic carbocycles. The van der Waals surface area contributed by atoms with Crippen molar-refractivity contribution < 1.29 is 22.7 Å². The van der Waals surface area contributed by atoms with Gasteiger partial charge in [0.15, 0.2) is 0 Å². The molecule has 1 fully saturated rings. The number of nitrogens with zero attached hydrogens (tertiary/aromatic N) is 3. The molecule has 2 heterocycles. The van der Waals surface area contributed by atoms with Crippen molar-refractivity contribution in [2.45, 2.75) is 31.0 Å². The number of carbonyl (C=O) groups is 2. The maximum Gasteiger partial charge on any atom is 0.309 e. The normalized spacial score (nSPS) is 17.0. The second kappa shape index (κ2) is 7.32. The quantitative estimate of drug-likeness (QED) is 0.597. The Morgan fingerprint density at radius 3 is 2.57 bits per heavy atom. The minimum Gasteiger partial charge on any atom is -0.466 e. The van der Waals surface area contributed by atoms with Gasteiger partial charge in [-0.3, -0.25) is 9.59 Å². The summed E-state index contributed by atoms with van der Waals surface area (Å²) >= 11 is 0.802. The number of piperidine rings is 1. The van der Waals surface area contributed by atoms with Crippen LogP contribution in [0.4, 0.5) is 5.13 Å². The van der Waals surface area contributed by atoms with Gasteiger partial charge in [-0.2, -0.15) is 4.31 Å². The van der Waals surface area contributed by atoms with Crippen LogP contribution in [0.5, 0.6) is 0 Å². The summed E-state index contributed by atoms with van der Waals surface area (Å²) in [6, 6.07) is 0. The Labute approximate surface area is 138 Å². The Balaban J connectivity index is 2.03. The standard InChI is InChI=1S/C12H18N4O5S2/c1-3-21-10(18)9-4-6-16(7-5-9)23(19,20)12-15-14-11(22-12)13-8(2)17/h9H,3-7H2,1-2H3,(H,13,14,17). The van der Waals surface area contributed by atoms with Crippen molar-refractivity contribution in [3.63, 3.8) is 0 Å². The molecule has 128 valence electrons. The second-order valence-electron chi connectivity index (χ2n) is 4.98. The zero-order chi connectivity index (χ0) is 17.0. The maximum atomic E-state index is 12.5. The predicted octanol–water partition coefficient (Wildman–Crippen LogP) is 0.460. The van der Waals surface area contributed by atoms with Gasteiger partial charge >= 0.3 is 5.97 Å². The van der Waals surface area contributed by atoms with Crippen molar-refractivity contribution in [3.8, 4) is 0 Å². The Morgan fingerprint density at radius 1 is 1.35 bits per heavy atom. The van der Waals surface area contributed by atoms with Gasteiger partial charge in [-0.25, -0.2) is 8.42 Å². The van der Waals surface area contributed by atoms with Gasteiger partial charge in [0, 0.05) is 20.0 Å². The van der Waals surface area contributed by atoms with Crippen LogP contribution < -0.4 is 5.32 Å². The zero-order valence-corrected chi connectivity index (χ0v) is 14.4. The molecule has 1 aromatic rings. The highest BCUT2D eigenvalue weighted by molar-refractivity contribution is 7.91. The number of ether oxygens (including phenoxy) is 1. The van der Waals surface area contributed by atoms with Gasteiger partial charge in [0.1, 0.15) is 0 Å². The van der Waals surface area contributed by atoms with E-state index in [0.29, 0.717) is 19.4 Å². The summed E-state index contributed by atoms with van der Waals surface area (Å²) in [7, 11) is -3.76. The van der Waals surface area contributed by atoms with E-state index >= 15 is 0 Å². The monoisotopic (exact) mass is 362 g/mol. The first-order chi connectivity index (χ1) is 10.8. The fraction of sp³-hybridized carbons (Fsp3) is 0.667. The van der Waals surface area contributed by atoms with E-state index in [9.17, 15) is 18.0 Å². The van der Waals surface area contributed by atoms with Crippen LogP contribution in [0.1, 0.15) is 26.7 Å². The number of hydrogen-bond donors (Lipinski definition) is 1. The fourth-order valence-electron chi connectivity index (χ4n) is 2.22. The summed E-state index contributed by atoms with van der Waals surface area (Å²) in [6.45, 7) is 3.80. The first-order valence-corrected chi connectivity index (χ1v) is 9.38. The molecule has 0 saturated carbocycles. The summed E-state index contributed by atoms with van der Waals surface area (Å²) in [6.07, 6.45) is 0.824. The van der Waals surface area contributed by atoms with Crippen LogP contribution in [0, 0.1) is 5.92 Å². The lowest BCUT2D eigenvalue weighted by atomic mass is 9.98. The van der Waals surface area contributed by atoms with Crippen LogP contribution in [0.2, 0.25) is 0 Å². The van der Waals surface area contributed by atoms with E-state index in [1.54, 1.807) is 6.92 Å². The van der Waals surface area contributed by atoms with E-state index < -0.39 is 10.0 Å². The summed E-state index contributed by atoms with van der Waals surface area (Å²) < 4.78 is 31.1. The van der Waals surface area contributed by atoms with Crippen molar-refractivity contribution in [1.82, 2.24) is 14.5 Å². The summed E-state index contributed by atoms with van der Waals surface area (Å²) in [5.41, 5.74) is 0. The summed E-state index contributed by atoms with van der Waals surface area (Å²) in [5.74, 6) is -0.903. The molecule has 1 aromatic heterocycles. The molecule has 23 heavy (non-hydrogen) atoms. The van der Waals surface area contributed by atoms with Crippen LogP contribution in [-0.2, 0) is 24.3 Å². The average Bonchev–Trinajstić information content (AvgIpc) is 2.96. The molecule has 9 nitrogen and oxygen atoms in total. The number of nitrogens with one attached hydrogen (secondary N) is 1. The number of aromatic nitrogens is 2. The van der Waals surface area contributed by atoms with Crippen LogP contribution in [0.3, 0.4) is 0 Å². The summed E-state index contributed by atoms with van der Waals surface area (Å²) in [4.78, 5) is 22.6. The highest BCUT2D eigenvalue weighted by Gasteiger charge is 2.34. The third-order valence-electron chi connectivity index (χ3n) is 3.32. The van der Waals surface area contributed by atoms with Gasteiger partial charge in [0.25, 0.3) is 10.0 Å². The van der Waals surface area contributed by atoms with Crippen molar-refractivity contribution in [2.24, 2.45) is 5.92 Å². The van der Waals surface area contributed by atoms with E-state index in [1.807, 2.05) is 0 Å². The predicted molar refractivity (Wildman–Crippen MR) is 82.3 cm³/mol. The van der Waals surface area contributed by atoms with Gasteiger partial charge < -0.3 is 10.1 Å². The number of sulfonamides is 1. The lowest BCUT2D eigenvalue weighted by Crippen LogP contribution is -2.40. The van der Waals surface area contributed by atoms with Crippen LogP contribution in [-0.4, -0.2) is 54.5 Å². The lowest BCUT2D eigenvalue weighted by molar-refractivity contribution is -0.149. The van der Waals surface area contributed by atoms with Gasteiger partial charge in [0.05, 0.1) is 12.5 Å². The molecule has 0 bridgehead atoms. The van der Waals surface area contributed by atoms with Gasteiger partial charge in [-0.15, -0.1) is 10.2 Å². The zero-order valence-electron chi connectivity index (χ0n) is 12.8. The molecule has 0 spiro atoms. The molecule has 1 N–H and O–H groups in total. The molecule has 0 unspecified atom stereocenters. The van der Waals surface area contributed by atoms with Crippen LogP contribution in [0.15, 0.2) is 4.34 Å². The third-order valence-corrected chi connectivity index (χ3v) is 6.41. The molecule has 1 aliphatic heterocycles. The average molecular weight is 362 g/mol. The van der Waals surface area contributed by atoms with E-state index in [4.69, 9.17) is 4.74 Å². The SMILES string of the molecule is CCOC(=O)C1CCN(S(=O)(=O)c2nnc(NC(C)=O)s2)CC1. The molecule has 0 atom stereocenters. The lowest BCUT2D eigenvalue weighted by Gasteiger charge is -2.29. The highest BCUT2D eigenvalue weighted by atomic mass is 32.2. The first kappa shape index (κ1) is 17.8. The number of hydrogen-bond acceptors (Lipinski definition) is 8. The third kappa shape index (κ3) is 4.24. The number of rotatable bonds is 5. The van der Waals surface area contributed by atoms with Crippen molar-refractivity contribution in [2.75, 3.05) is 25.0 Å². The smallest absolute Gasteiger partial charge is 0.309 e. The molecule has 0 aromatic carbocycles. The van der Waals surface area contributed by atoms with Gasteiger partial charge in [-0.05, 0) is 19.8 Å².